The van der Waals surface area contributed by atoms with Gasteiger partial charge in [0.15, 0.2) is 11.5 Å². The van der Waals surface area contributed by atoms with Gasteiger partial charge in [-0.25, -0.2) is 14.6 Å². The van der Waals surface area contributed by atoms with Gasteiger partial charge in [0.1, 0.15) is 5.82 Å². The maximum absolute atomic E-state index is 9.04. The number of benzene rings is 1. The third-order valence-corrected chi connectivity index (χ3v) is 6.70. The maximum atomic E-state index is 9.04. The van der Waals surface area contributed by atoms with Crippen molar-refractivity contribution in [3.63, 3.8) is 0 Å². The van der Waals surface area contributed by atoms with Crippen LogP contribution < -0.4 is 10.6 Å². The van der Waals surface area contributed by atoms with Gasteiger partial charge in [-0.2, -0.15) is 5.10 Å². The van der Waals surface area contributed by atoms with Crippen LogP contribution in [-0.2, 0) is 4.74 Å². The zero-order valence-electron chi connectivity index (χ0n) is 19.1. The summed E-state index contributed by atoms with van der Waals surface area (Å²) in [5, 5.41) is 14.8. The molecule has 2 aliphatic rings. The fourth-order valence-corrected chi connectivity index (χ4v) is 4.79. The molecule has 9 heteroatoms. The van der Waals surface area contributed by atoms with Gasteiger partial charge >= 0.3 is 0 Å². The molecule has 0 aliphatic carbocycles. The van der Waals surface area contributed by atoms with E-state index in [2.05, 4.69) is 14.5 Å². The lowest BCUT2D eigenvalue weighted by atomic mass is 10.0. The van der Waals surface area contributed by atoms with Gasteiger partial charge < -0.3 is 25.4 Å². The van der Waals surface area contributed by atoms with Crippen molar-refractivity contribution in [3.05, 3.63) is 30.5 Å². The van der Waals surface area contributed by atoms with E-state index in [9.17, 15) is 0 Å². The Balaban J connectivity index is 1.46. The zero-order chi connectivity index (χ0) is 22.6. The third kappa shape index (κ3) is 4.80. The number of unbranched alkanes of at least 4 members (excludes halogenated alkanes) is 1. The number of ether oxygens (including phenoxy) is 1. The summed E-state index contributed by atoms with van der Waals surface area (Å²) in [6.45, 7) is 6.44. The number of aromatic nitrogens is 4. The molecule has 0 amide bonds. The molecule has 3 aromatic rings. The summed E-state index contributed by atoms with van der Waals surface area (Å²) in [5.41, 5.74) is 8.48. The van der Waals surface area contributed by atoms with Crippen molar-refractivity contribution in [2.45, 2.75) is 31.7 Å². The van der Waals surface area contributed by atoms with Crippen molar-refractivity contribution < 1.29 is 9.84 Å². The van der Waals surface area contributed by atoms with Crippen LogP contribution in [0.25, 0.3) is 22.4 Å². The van der Waals surface area contributed by atoms with Crippen molar-refractivity contribution in [1.29, 1.82) is 0 Å². The largest absolute Gasteiger partial charge is 0.399 e. The number of aliphatic hydroxyl groups is 1. The number of likely N-dealkylation sites (tertiary alicyclic amines) is 1. The number of hydrogen-bond donors (Lipinski definition) is 2. The number of morpholine rings is 1. The first-order valence-electron chi connectivity index (χ1n) is 12.0. The van der Waals surface area contributed by atoms with Gasteiger partial charge in [-0.15, -0.1) is 0 Å². The number of nitrogens with two attached hydrogens (primary N) is 1. The number of rotatable bonds is 7. The number of aliphatic hydroxyl groups excluding tert-OH is 1. The highest BCUT2D eigenvalue weighted by Crippen LogP contribution is 2.32. The van der Waals surface area contributed by atoms with Crippen LogP contribution in [0.1, 0.15) is 31.7 Å². The molecule has 0 atom stereocenters. The Morgan fingerprint density at radius 2 is 1.76 bits per heavy atom. The Labute approximate surface area is 194 Å². The number of nitrogen functional groups attached to an aromatic ring is 1. The van der Waals surface area contributed by atoms with E-state index in [1.165, 1.54) is 0 Å². The van der Waals surface area contributed by atoms with Crippen LogP contribution in [0.3, 0.4) is 0 Å². The number of nitrogens with zero attached hydrogens (tertiary/aromatic N) is 6. The first-order chi connectivity index (χ1) is 16.2. The van der Waals surface area contributed by atoms with Crippen LogP contribution in [0, 0.1) is 0 Å². The summed E-state index contributed by atoms with van der Waals surface area (Å²) in [4.78, 5) is 14.7. The molecule has 5 rings (SSSR count). The average Bonchev–Trinajstić information content (AvgIpc) is 3.29. The topological polar surface area (TPSA) is 106 Å². The van der Waals surface area contributed by atoms with Gasteiger partial charge in [-0.3, -0.25) is 0 Å². The van der Waals surface area contributed by atoms with Crippen molar-refractivity contribution in [3.8, 4) is 11.4 Å². The summed E-state index contributed by atoms with van der Waals surface area (Å²) in [6.07, 6.45) is 5.94. The van der Waals surface area contributed by atoms with Crippen LogP contribution >= 0.6 is 0 Å². The highest BCUT2D eigenvalue weighted by atomic mass is 16.5. The first-order valence-corrected chi connectivity index (χ1v) is 12.0. The third-order valence-electron chi connectivity index (χ3n) is 6.70. The number of anilines is 2. The molecule has 2 aliphatic heterocycles. The van der Waals surface area contributed by atoms with Crippen LogP contribution in [0.5, 0.6) is 0 Å². The summed E-state index contributed by atoms with van der Waals surface area (Å²) in [6, 6.07) is 8.06. The van der Waals surface area contributed by atoms with Crippen LogP contribution in [-0.4, -0.2) is 82.3 Å². The van der Waals surface area contributed by atoms with E-state index < -0.39 is 0 Å². The molecular formula is C24H33N7O2. The monoisotopic (exact) mass is 451 g/mol. The minimum absolute atomic E-state index is 0.275. The summed E-state index contributed by atoms with van der Waals surface area (Å²) < 4.78 is 7.69. The second-order valence-electron chi connectivity index (χ2n) is 8.92. The molecule has 9 nitrogen and oxygen atoms in total. The molecule has 3 N–H and O–H groups in total. The average molecular weight is 452 g/mol. The minimum Gasteiger partial charge on any atom is -0.399 e. The molecule has 4 heterocycles. The van der Waals surface area contributed by atoms with Crippen LogP contribution in [0.4, 0.5) is 11.5 Å². The zero-order valence-corrected chi connectivity index (χ0v) is 19.1. The van der Waals surface area contributed by atoms with Crippen molar-refractivity contribution in [1.82, 2.24) is 24.6 Å². The Morgan fingerprint density at radius 3 is 2.48 bits per heavy atom. The molecule has 0 saturated carbocycles. The van der Waals surface area contributed by atoms with Crippen molar-refractivity contribution in [2.24, 2.45) is 0 Å². The standard InChI is InChI=1S/C24H33N7O2/c25-19-5-3-18(4-6-19)22-27-23(30-12-15-33-16-13-30)21-17-26-31(24(21)28-22)20-7-10-29(11-8-20)9-1-2-14-32/h3-6,17,20,32H,1-2,7-16,25H2. The Hall–Kier alpha value is -2.75. The number of piperidine rings is 1. The SMILES string of the molecule is Nc1ccc(-c2nc(N3CCOCC3)c3cnn(C4CCN(CCCCO)CC4)c3n2)cc1. The second kappa shape index (κ2) is 10.0. The van der Waals surface area contributed by atoms with E-state index in [0.717, 1.165) is 86.5 Å². The predicted molar refractivity (Wildman–Crippen MR) is 129 cm³/mol. The number of fused-ring (bicyclic) bond motifs is 1. The Bertz CT molecular complexity index is 1050. The predicted octanol–water partition coefficient (Wildman–Crippen LogP) is 2.32. The Morgan fingerprint density at radius 1 is 1.00 bits per heavy atom. The van der Waals surface area contributed by atoms with E-state index in [1.54, 1.807) is 0 Å². The molecule has 2 saturated heterocycles. The molecule has 1 aromatic carbocycles. The summed E-state index contributed by atoms with van der Waals surface area (Å²) in [7, 11) is 0. The van der Waals surface area contributed by atoms with Gasteiger partial charge in [0.05, 0.1) is 30.8 Å². The van der Waals surface area contributed by atoms with E-state index >= 15 is 0 Å². The first kappa shape index (κ1) is 22.1. The van der Waals surface area contributed by atoms with E-state index in [0.29, 0.717) is 25.1 Å². The molecule has 176 valence electrons. The smallest absolute Gasteiger partial charge is 0.164 e. The lowest BCUT2D eigenvalue weighted by Crippen LogP contribution is -2.37. The van der Waals surface area contributed by atoms with Gasteiger partial charge in [0.2, 0.25) is 0 Å². The molecular weight excluding hydrogens is 418 g/mol. The van der Waals surface area contributed by atoms with Crippen LogP contribution in [0.2, 0.25) is 0 Å². The summed E-state index contributed by atoms with van der Waals surface area (Å²) >= 11 is 0. The minimum atomic E-state index is 0.275. The molecule has 2 fully saturated rings. The number of hydrogen-bond acceptors (Lipinski definition) is 8. The fraction of sp³-hybridized carbons (Fsp3) is 0.542. The molecule has 33 heavy (non-hydrogen) atoms. The summed E-state index contributed by atoms with van der Waals surface area (Å²) in [5.74, 6) is 1.63. The van der Waals surface area contributed by atoms with Gasteiger partial charge in [0, 0.05) is 44.0 Å². The van der Waals surface area contributed by atoms with Crippen molar-refractivity contribution >= 4 is 22.5 Å². The molecule has 0 unspecified atom stereocenters. The lowest BCUT2D eigenvalue weighted by molar-refractivity contribution is 0.122. The van der Waals surface area contributed by atoms with E-state index in [-0.39, 0.29) is 6.61 Å². The fourth-order valence-electron chi connectivity index (χ4n) is 4.79. The van der Waals surface area contributed by atoms with Gasteiger partial charge in [0.25, 0.3) is 0 Å². The molecule has 0 radical (unpaired) electrons. The van der Waals surface area contributed by atoms with E-state index in [1.807, 2.05) is 30.5 Å². The van der Waals surface area contributed by atoms with Gasteiger partial charge in [-0.05, 0) is 56.5 Å². The van der Waals surface area contributed by atoms with Crippen LogP contribution in [0.15, 0.2) is 30.5 Å². The quantitative estimate of drug-likeness (QED) is 0.417. The van der Waals surface area contributed by atoms with Gasteiger partial charge in [-0.1, -0.05) is 0 Å². The Kier molecular flexibility index (Phi) is 6.70. The molecule has 0 spiro atoms. The lowest BCUT2D eigenvalue weighted by Gasteiger charge is -2.32. The van der Waals surface area contributed by atoms with Crippen molar-refractivity contribution in [2.75, 3.05) is 63.2 Å². The second-order valence-corrected chi connectivity index (χ2v) is 8.92. The molecule has 0 bridgehead atoms. The van der Waals surface area contributed by atoms with E-state index in [4.69, 9.17) is 30.6 Å². The highest BCUT2D eigenvalue weighted by Gasteiger charge is 2.26. The maximum Gasteiger partial charge on any atom is 0.164 e. The molecule has 2 aromatic heterocycles. The normalized spacial score (nSPS) is 18.3. The highest BCUT2D eigenvalue weighted by molar-refractivity contribution is 5.89.